The quantitative estimate of drug-likeness (QED) is 0.882. The smallest absolute Gasteiger partial charge is 0.317 e. The third-order valence-corrected chi connectivity index (χ3v) is 4.70. The van der Waals surface area contributed by atoms with E-state index in [0.717, 1.165) is 5.56 Å². The summed E-state index contributed by atoms with van der Waals surface area (Å²) < 4.78 is 0. The van der Waals surface area contributed by atoms with Gasteiger partial charge in [-0.2, -0.15) is 0 Å². The van der Waals surface area contributed by atoms with Gasteiger partial charge < -0.3 is 15.3 Å². The molecule has 0 radical (unpaired) electrons. The van der Waals surface area contributed by atoms with Crippen LogP contribution in [0.25, 0.3) is 0 Å². The van der Waals surface area contributed by atoms with Crippen molar-refractivity contribution in [3.05, 3.63) is 34.9 Å². The van der Waals surface area contributed by atoms with Crippen molar-refractivity contribution in [2.24, 2.45) is 11.3 Å². The molecular formula is C17H23ClN2O3. The molecule has 6 heteroatoms. The number of carboxylic acids is 1. The van der Waals surface area contributed by atoms with Crippen LogP contribution in [-0.4, -0.2) is 35.1 Å². The van der Waals surface area contributed by atoms with E-state index < -0.39 is 11.4 Å². The molecule has 23 heavy (non-hydrogen) atoms. The third-order valence-electron chi connectivity index (χ3n) is 4.45. The fraction of sp³-hybridized carbons (Fsp3) is 0.529. The second-order valence-electron chi connectivity index (χ2n) is 6.76. The average molecular weight is 339 g/mol. The molecule has 2 N–H and O–H groups in total. The van der Waals surface area contributed by atoms with Crippen molar-refractivity contribution in [1.82, 2.24) is 10.2 Å². The first-order chi connectivity index (χ1) is 10.7. The van der Waals surface area contributed by atoms with Crippen LogP contribution in [0.3, 0.4) is 0 Å². The molecule has 126 valence electrons. The lowest BCUT2D eigenvalue weighted by Crippen LogP contribution is -2.43. The van der Waals surface area contributed by atoms with Gasteiger partial charge in [-0.25, -0.2) is 4.79 Å². The lowest BCUT2D eigenvalue weighted by atomic mass is 9.90. The molecular weight excluding hydrogens is 316 g/mol. The highest BCUT2D eigenvalue weighted by atomic mass is 35.5. The summed E-state index contributed by atoms with van der Waals surface area (Å²) in [5.41, 5.74) is 0.128. The first-order valence-electron chi connectivity index (χ1n) is 7.77. The van der Waals surface area contributed by atoms with E-state index in [9.17, 15) is 14.7 Å². The van der Waals surface area contributed by atoms with Crippen molar-refractivity contribution in [2.45, 2.75) is 33.2 Å². The van der Waals surface area contributed by atoms with Crippen molar-refractivity contribution in [1.29, 1.82) is 0 Å². The number of hydrogen-bond acceptors (Lipinski definition) is 2. The van der Waals surface area contributed by atoms with Gasteiger partial charge >= 0.3 is 12.0 Å². The fourth-order valence-corrected chi connectivity index (χ4v) is 2.96. The predicted octanol–water partition coefficient (Wildman–Crippen LogP) is 3.54. The first-order valence-corrected chi connectivity index (χ1v) is 8.15. The van der Waals surface area contributed by atoms with E-state index in [4.69, 9.17) is 11.6 Å². The minimum atomic E-state index is -0.856. The molecule has 1 saturated heterocycles. The number of hydrogen-bond donors (Lipinski definition) is 2. The molecule has 1 heterocycles. The molecule has 1 fully saturated rings. The third kappa shape index (κ3) is 3.96. The number of carboxylic acid groups (broad SMARTS) is 1. The van der Waals surface area contributed by atoms with Crippen LogP contribution < -0.4 is 5.32 Å². The highest BCUT2D eigenvalue weighted by Gasteiger charge is 2.42. The van der Waals surface area contributed by atoms with E-state index in [2.05, 4.69) is 5.32 Å². The van der Waals surface area contributed by atoms with Crippen molar-refractivity contribution in [3.8, 4) is 0 Å². The highest BCUT2D eigenvalue weighted by Crippen LogP contribution is 2.31. The van der Waals surface area contributed by atoms with E-state index in [1.54, 1.807) is 24.0 Å². The molecule has 5 nitrogen and oxygen atoms in total. The van der Waals surface area contributed by atoms with Gasteiger partial charge in [0.2, 0.25) is 0 Å². The molecule has 0 aliphatic carbocycles. The predicted molar refractivity (Wildman–Crippen MR) is 89.5 cm³/mol. The number of carbonyl (C=O) groups excluding carboxylic acids is 1. The van der Waals surface area contributed by atoms with Crippen LogP contribution in [0, 0.1) is 11.3 Å². The Morgan fingerprint density at radius 2 is 1.91 bits per heavy atom. The average Bonchev–Trinajstić information content (AvgIpc) is 2.89. The van der Waals surface area contributed by atoms with Gasteiger partial charge in [-0.3, -0.25) is 4.79 Å². The monoisotopic (exact) mass is 338 g/mol. The summed E-state index contributed by atoms with van der Waals surface area (Å²) >= 11 is 5.92. The molecule has 1 aromatic carbocycles. The molecule has 2 unspecified atom stereocenters. The van der Waals surface area contributed by atoms with Gasteiger partial charge in [0.25, 0.3) is 0 Å². The molecule has 0 bridgehead atoms. The van der Waals surface area contributed by atoms with Crippen LogP contribution in [-0.2, 0) is 4.79 Å². The first kappa shape index (κ1) is 17.6. The van der Waals surface area contributed by atoms with Gasteiger partial charge in [0.05, 0.1) is 11.5 Å². The standard InChI is InChI=1S/C17H23ClN2O3/c1-11(2)14(12-4-6-13(18)7-5-12)19-16(23)20-9-8-17(3,10-20)15(21)22/h4-7,11,14H,8-10H2,1-3H3,(H,19,23)(H,21,22). The topological polar surface area (TPSA) is 69.6 Å². The van der Waals surface area contributed by atoms with Gasteiger partial charge in [-0.15, -0.1) is 0 Å². The Bertz CT molecular complexity index is 588. The fourth-order valence-electron chi connectivity index (χ4n) is 2.84. The molecule has 0 aromatic heterocycles. The summed E-state index contributed by atoms with van der Waals surface area (Å²) in [6.07, 6.45) is 0.475. The number of nitrogens with zero attached hydrogens (tertiary/aromatic N) is 1. The van der Waals surface area contributed by atoms with Gasteiger partial charge in [-0.1, -0.05) is 37.6 Å². The Hall–Kier alpha value is -1.75. The number of nitrogens with one attached hydrogen (secondary N) is 1. The zero-order chi connectivity index (χ0) is 17.2. The van der Waals surface area contributed by atoms with E-state index in [0.29, 0.717) is 18.0 Å². The molecule has 0 saturated carbocycles. The van der Waals surface area contributed by atoms with Crippen molar-refractivity contribution < 1.29 is 14.7 Å². The maximum absolute atomic E-state index is 12.5. The van der Waals surface area contributed by atoms with E-state index in [1.807, 2.05) is 26.0 Å². The molecule has 1 aliphatic rings. The number of urea groups is 1. The number of benzene rings is 1. The van der Waals surface area contributed by atoms with Crippen LogP contribution >= 0.6 is 11.6 Å². The molecule has 1 aromatic rings. The largest absolute Gasteiger partial charge is 0.481 e. The van der Waals surface area contributed by atoms with Crippen molar-refractivity contribution >= 4 is 23.6 Å². The number of rotatable bonds is 4. The van der Waals surface area contributed by atoms with Crippen molar-refractivity contribution in [3.63, 3.8) is 0 Å². The second-order valence-corrected chi connectivity index (χ2v) is 7.20. The minimum absolute atomic E-state index is 0.142. The number of amides is 2. The van der Waals surface area contributed by atoms with Crippen LogP contribution in [0.2, 0.25) is 5.02 Å². The summed E-state index contributed by atoms with van der Waals surface area (Å²) in [4.78, 5) is 25.4. The zero-order valence-electron chi connectivity index (χ0n) is 13.7. The Balaban J connectivity index is 2.08. The number of aliphatic carboxylic acids is 1. The van der Waals surface area contributed by atoms with Crippen LogP contribution in [0.15, 0.2) is 24.3 Å². The maximum Gasteiger partial charge on any atom is 0.317 e. The molecule has 2 atom stereocenters. The van der Waals surface area contributed by atoms with Crippen molar-refractivity contribution in [2.75, 3.05) is 13.1 Å². The Morgan fingerprint density at radius 1 is 1.30 bits per heavy atom. The second kappa shape index (κ2) is 6.79. The summed E-state index contributed by atoms with van der Waals surface area (Å²) in [5, 5.41) is 12.9. The van der Waals surface area contributed by atoms with Crippen LogP contribution in [0.5, 0.6) is 0 Å². The number of carbonyl (C=O) groups is 2. The molecule has 2 amide bonds. The summed E-state index contributed by atoms with van der Waals surface area (Å²) in [5.74, 6) is -0.653. The number of halogens is 1. The van der Waals surface area contributed by atoms with E-state index in [-0.39, 0.29) is 24.5 Å². The van der Waals surface area contributed by atoms with Crippen LogP contribution in [0.4, 0.5) is 4.79 Å². The Labute approximate surface area is 141 Å². The zero-order valence-corrected chi connectivity index (χ0v) is 14.4. The lowest BCUT2D eigenvalue weighted by Gasteiger charge is -2.27. The van der Waals surface area contributed by atoms with Crippen LogP contribution in [0.1, 0.15) is 38.8 Å². The summed E-state index contributed by atoms with van der Waals surface area (Å²) in [7, 11) is 0. The van der Waals surface area contributed by atoms with Gasteiger partial charge in [0, 0.05) is 18.1 Å². The highest BCUT2D eigenvalue weighted by molar-refractivity contribution is 6.30. The van der Waals surface area contributed by atoms with Gasteiger partial charge in [0.1, 0.15) is 0 Å². The molecule has 2 rings (SSSR count). The number of likely N-dealkylation sites (tertiary alicyclic amines) is 1. The Morgan fingerprint density at radius 3 is 2.39 bits per heavy atom. The SMILES string of the molecule is CC(C)C(NC(=O)N1CCC(C)(C(=O)O)C1)c1ccc(Cl)cc1. The maximum atomic E-state index is 12.5. The molecule has 1 aliphatic heterocycles. The van der Waals surface area contributed by atoms with E-state index >= 15 is 0 Å². The van der Waals surface area contributed by atoms with Gasteiger partial charge in [0.15, 0.2) is 0 Å². The van der Waals surface area contributed by atoms with E-state index in [1.165, 1.54) is 0 Å². The Kier molecular flexibility index (Phi) is 5.19. The summed E-state index contributed by atoms with van der Waals surface area (Å²) in [6.45, 7) is 6.44. The molecule has 0 spiro atoms. The minimum Gasteiger partial charge on any atom is -0.481 e. The summed E-state index contributed by atoms with van der Waals surface area (Å²) in [6, 6.07) is 7.04. The normalized spacial score (nSPS) is 22.2. The lowest BCUT2D eigenvalue weighted by molar-refractivity contribution is -0.147. The van der Waals surface area contributed by atoms with Gasteiger partial charge in [-0.05, 0) is 37.0 Å².